The summed E-state index contributed by atoms with van der Waals surface area (Å²) in [6.45, 7) is 1.22. The number of hydrogen-bond donors (Lipinski definition) is 0. The fraction of sp³-hybridized carbons (Fsp3) is 0.286. The fourth-order valence-corrected chi connectivity index (χ4v) is 2.66. The van der Waals surface area contributed by atoms with Crippen LogP contribution < -0.4 is 0 Å². The van der Waals surface area contributed by atoms with Crippen LogP contribution in [0.25, 0.3) is 0 Å². The topological polar surface area (TPSA) is 37.4 Å². The summed E-state index contributed by atoms with van der Waals surface area (Å²) in [4.78, 5) is 0.0530. The lowest BCUT2D eigenvalue weighted by Crippen LogP contribution is -2.32. The molecule has 1 rings (SSSR count). The monoisotopic (exact) mass is 297 g/mol. The molecule has 1 aromatic carbocycles. The van der Waals surface area contributed by atoms with E-state index in [1.807, 2.05) is 6.92 Å². The molecule has 0 unspecified atom stereocenters. The molecule has 0 bridgehead atoms. The molecule has 0 aliphatic rings. The van der Waals surface area contributed by atoms with Crippen molar-refractivity contribution in [3.63, 3.8) is 0 Å². The van der Waals surface area contributed by atoms with E-state index >= 15 is 0 Å². The maximum absolute atomic E-state index is 12.3. The van der Waals surface area contributed by atoms with Crippen LogP contribution in [0, 0.1) is 31.1 Å². The molecule has 0 spiro atoms. The first kappa shape index (κ1) is 16.2. The van der Waals surface area contributed by atoms with E-state index in [0.29, 0.717) is 0 Å². The molecule has 0 heterocycles. The Bertz CT molecular complexity index is 649. The summed E-state index contributed by atoms with van der Waals surface area (Å²) in [6, 6.07) is 6.17. The van der Waals surface area contributed by atoms with Crippen molar-refractivity contribution in [1.29, 1.82) is 0 Å². The zero-order valence-corrected chi connectivity index (χ0v) is 11.6. The quantitative estimate of drug-likeness (QED) is 0.796. The molecule has 0 saturated carbocycles. The average Bonchev–Trinajstić information content (AvgIpc) is 2.38. The van der Waals surface area contributed by atoms with E-state index in [0.717, 1.165) is 9.87 Å². The molecule has 0 fully saturated rings. The number of rotatable bonds is 4. The van der Waals surface area contributed by atoms with Crippen LogP contribution >= 0.6 is 0 Å². The van der Waals surface area contributed by atoms with Crippen LogP contribution in [0.5, 0.6) is 0 Å². The van der Waals surface area contributed by atoms with Crippen molar-refractivity contribution in [1.82, 2.24) is 4.31 Å². The second kappa shape index (κ2) is 7.04. The Morgan fingerprint density at radius 1 is 1.25 bits per heavy atom. The van der Waals surface area contributed by atoms with E-state index in [4.69, 9.17) is 6.42 Å². The third-order valence-corrected chi connectivity index (χ3v) is 4.20. The smallest absolute Gasteiger partial charge is 0.207 e. The van der Waals surface area contributed by atoms with E-state index in [1.54, 1.807) is 18.1 Å². The van der Waals surface area contributed by atoms with Crippen molar-refractivity contribution in [2.75, 3.05) is 13.1 Å². The van der Waals surface area contributed by atoms with Gasteiger partial charge in [0.15, 0.2) is 0 Å². The molecule has 106 valence electrons. The Labute approximate surface area is 117 Å². The van der Waals surface area contributed by atoms with Crippen molar-refractivity contribution in [2.24, 2.45) is 0 Å². The summed E-state index contributed by atoms with van der Waals surface area (Å²) in [7, 11) is -3.83. The third kappa shape index (κ3) is 4.34. The molecule has 3 nitrogen and oxygen atoms in total. The van der Waals surface area contributed by atoms with Gasteiger partial charge in [-0.05, 0) is 25.0 Å². The van der Waals surface area contributed by atoms with Gasteiger partial charge in [-0.2, -0.15) is 13.1 Å². The van der Waals surface area contributed by atoms with E-state index < -0.39 is 16.4 Å². The molecule has 1 aromatic rings. The molecule has 0 aliphatic heterocycles. The van der Waals surface area contributed by atoms with Crippen LogP contribution in [-0.4, -0.2) is 32.2 Å². The lowest BCUT2D eigenvalue weighted by Gasteiger charge is -2.17. The molecule has 0 aromatic heterocycles. The number of halogens is 2. The number of nitrogens with zero attached hydrogens (tertiary/aromatic N) is 1. The highest BCUT2D eigenvalue weighted by atomic mass is 32.2. The fourth-order valence-electron chi connectivity index (χ4n) is 1.40. The molecule has 0 amide bonds. The number of alkyl halides is 2. The van der Waals surface area contributed by atoms with Crippen LogP contribution in [0.4, 0.5) is 8.78 Å². The lowest BCUT2D eigenvalue weighted by atomic mass is 10.2. The van der Waals surface area contributed by atoms with Crippen LogP contribution in [-0.2, 0) is 10.0 Å². The molecule has 0 saturated heterocycles. The Kier molecular flexibility index (Phi) is 5.69. The minimum atomic E-state index is -3.83. The highest BCUT2D eigenvalue weighted by Gasteiger charge is 2.22. The van der Waals surface area contributed by atoms with E-state index in [2.05, 4.69) is 11.8 Å². The molecule has 0 aliphatic carbocycles. The molecule has 6 heteroatoms. The maximum Gasteiger partial charge on any atom is 0.298 e. The SMILES string of the molecule is C#CCN(CC#CC(F)F)S(=O)(=O)c1ccc(C)cc1. The normalized spacial score (nSPS) is 11.0. The van der Waals surface area contributed by atoms with E-state index in [9.17, 15) is 17.2 Å². The first-order valence-corrected chi connectivity index (χ1v) is 7.08. The van der Waals surface area contributed by atoms with Crippen molar-refractivity contribution < 1.29 is 17.2 Å². The molecule has 20 heavy (non-hydrogen) atoms. The molecular formula is C14H13F2NO2S. The van der Waals surface area contributed by atoms with Gasteiger partial charge in [-0.3, -0.25) is 0 Å². The van der Waals surface area contributed by atoms with Crippen LogP contribution in [0.1, 0.15) is 5.56 Å². The van der Waals surface area contributed by atoms with Crippen molar-refractivity contribution >= 4 is 10.0 Å². The summed E-state index contributed by atoms with van der Waals surface area (Å²) in [5.41, 5.74) is 0.907. The van der Waals surface area contributed by atoms with E-state index in [-0.39, 0.29) is 18.0 Å². The Hall–Kier alpha value is -1.89. The molecule has 0 radical (unpaired) electrons. The second-order valence-electron chi connectivity index (χ2n) is 3.91. The van der Waals surface area contributed by atoms with Gasteiger partial charge in [-0.1, -0.05) is 29.5 Å². The lowest BCUT2D eigenvalue weighted by molar-refractivity contribution is 0.215. The van der Waals surface area contributed by atoms with Crippen molar-refractivity contribution in [2.45, 2.75) is 18.2 Å². The zero-order chi connectivity index (χ0) is 15.2. The summed E-state index contributed by atoms with van der Waals surface area (Å²) in [5, 5.41) is 0. The van der Waals surface area contributed by atoms with E-state index in [1.165, 1.54) is 12.1 Å². The Balaban J connectivity index is 3.04. The van der Waals surface area contributed by atoms with Crippen molar-refractivity contribution in [3.8, 4) is 24.2 Å². The highest BCUT2D eigenvalue weighted by molar-refractivity contribution is 7.89. The van der Waals surface area contributed by atoms with Gasteiger partial charge in [-0.25, -0.2) is 8.42 Å². The molecule has 0 atom stereocenters. The maximum atomic E-state index is 12.3. The average molecular weight is 297 g/mol. The molecule has 0 N–H and O–H groups in total. The van der Waals surface area contributed by atoms with Gasteiger partial charge >= 0.3 is 0 Å². The standard InChI is InChI=1S/C14H13F2NO2S/c1-3-10-17(11-4-5-14(15)16)20(18,19)13-8-6-12(2)7-9-13/h1,6-9,14H,10-11H2,2H3. The number of sulfonamides is 1. The highest BCUT2D eigenvalue weighted by Crippen LogP contribution is 2.15. The number of benzene rings is 1. The predicted octanol–water partition coefficient (Wildman–Crippen LogP) is 1.89. The van der Waals surface area contributed by atoms with Gasteiger partial charge < -0.3 is 0 Å². The van der Waals surface area contributed by atoms with Crippen LogP contribution in [0.2, 0.25) is 0 Å². The van der Waals surface area contributed by atoms with Gasteiger partial charge in [0, 0.05) is 0 Å². The summed E-state index contributed by atoms with van der Waals surface area (Å²) in [6.07, 6.45) is 2.31. The number of terminal acetylenes is 1. The van der Waals surface area contributed by atoms with Gasteiger partial charge in [0.2, 0.25) is 10.0 Å². The largest absolute Gasteiger partial charge is 0.298 e. The minimum absolute atomic E-state index is 0.0530. The van der Waals surface area contributed by atoms with Gasteiger partial charge in [0.25, 0.3) is 6.43 Å². The van der Waals surface area contributed by atoms with Gasteiger partial charge in [0.1, 0.15) is 0 Å². The second-order valence-corrected chi connectivity index (χ2v) is 5.85. The van der Waals surface area contributed by atoms with Crippen LogP contribution in [0.15, 0.2) is 29.2 Å². The number of hydrogen-bond acceptors (Lipinski definition) is 2. The summed E-state index contributed by atoms with van der Waals surface area (Å²) in [5.74, 6) is 5.90. The summed E-state index contributed by atoms with van der Waals surface area (Å²) < 4.78 is 49.4. The Morgan fingerprint density at radius 3 is 2.35 bits per heavy atom. The first-order valence-electron chi connectivity index (χ1n) is 5.64. The Morgan fingerprint density at radius 2 is 1.85 bits per heavy atom. The number of aryl methyl sites for hydroxylation is 1. The van der Waals surface area contributed by atoms with Crippen molar-refractivity contribution in [3.05, 3.63) is 29.8 Å². The predicted molar refractivity (Wildman–Crippen MR) is 72.6 cm³/mol. The summed E-state index contributed by atoms with van der Waals surface area (Å²) >= 11 is 0. The van der Waals surface area contributed by atoms with Gasteiger partial charge in [0.05, 0.1) is 18.0 Å². The third-order valence-electron chi connectivity index (χ3n) is 2.39. The molecular weight excluding hydrogens is 284 g/mol. The first-order chi connectivity index (χ1) is 9.37. The zero-order valence-electron chi connectivity index (χ0n) is 10.8. The minimum Gasteiger partial charge on any atom is -0.207 e. The van der Waals surface area contributed by atoms with Crippen LogP contribution in [0.3, 0.4) is 0 Å². The van der Waals surface area contributed by atoms with Gasteiger partial charge in [-0.15, -0.1) is 6.42 Å².